The number of rotatable bonds is 7. The normalized spacial score (nSPS) is 14.8. The van der Waals surface area contributed by atoms with Crippen molar-refractivity contribution in [3.05, 3.63) is 71.8 Å². The van der Waals surface area contributed by atoms with E-state index in [-0.39, 0.29) is 15.8 Å². The quantitative estimate of drug-likeness (QED) is 0.424. The first-order valence-corrected chi connectivity index (χ1v) is 13.2. The Morgan fingerprint density at radius 1 is 0.538 bits per heavy atom. The van der Waals surface area contributed by atoms with Gasteiger partial charge in [-0.1, -0.05) is 118 Å². The second kappa shape index (κ2) is 9.48. The predicted molar refractivity (Wildman–Crippen MR) is 123 cm³/mol. The van der Waals surface area contributed by atoms with E-state index >= 15 is 0 Å². The maximum absolute atomic E-state index is 2.44. The first-order valence-electron chi connectivity index (χ1n) is 9.74. The fourth-order valence-corrected chi connectivity index (χ4v) is 8.99. The highest BCUT2D eigenvalue weighted by Crippen LogP contribution is 2.58. The van der Waals surface area contributed by atoms with Crippen LogP contribution >= 0.6 is 15.8 Å². The van der Waals surface area contributed by atoms with E-state index in [4.69, 9.17) is 0 Å². The molecule has 0 radical (unpaired) electrons. The van der Waals surface area contributed by atoms with Crippen molar-refractivity contribution in [3.63, 3.8) is 0 Å². The summed E-state index contributed by atoms with van der Waals surface area (Å²) in [5.74, 6) is 0. The smallest absolute Gasteiger partial charge is 0.00683 e. The molecular formula is C24H36P2. The van der Waals surface area contributed by atoms with E-state index in [9.17, 15) is 0 Å². The van der Waals surface area contributed by atoms with Crippen LogP contribution in [-0.4, -0.2) is 22.6 Å². The zero-order valence-corrected chi connectivity index (χ0v) is 19.3. The van der Waals surface area contributed by atoms with Crippen LogP contribution in [0.25, 0.3) is 0 Å². The third kappa shape index (κ3) is 7.13. The number of hydrogen-bond donors (Lipinski definition) is 0. The summed E-state index contributed by atoms with van der Waals surface area (Å²) < 4.78 is 0. The highest BCUT2D eigenvalue weighted by atomic mass is 31.1. The van der Waals surface area contributed by atoms with Gasteiger partial charge in [-0.15, -0.1) is 0 Å². The molecule has 0 heterocycles. The molecule has 2 rings (SSSR count). The topological polar surface area (TPSA) is 0 Å². The van der Waals surface area contributed by atoms with Gasteiger partial charge in [-0.2, -0.15) is 0 Å². The third-order valence-electron chi connectivity index (χ3n) is 4.97. The lowest BCUT2D eigenvalue weighted by Gasteiger charge is -2.37. The minimum Gasteiger partial charge on any atom is -0.0963 e. The van der Waals surface area contributed by atoms with Gasteiger partial charge in [-0.05, 0) is 46.1 Å². The Morgan fingerprint density at radius 3 is 1.12 bits per heavy atom. The molecule has 0 nitrogen and oxygen atoms in total. The van der Waals surface area contributed by atoms with Crippen LogP contribution < -0.4 is 0 Å². The largest absolute Gasteiger partial charge is 0.0963 e. The molecule has 2 aromatic carbocycles. The van der Waals surface area contributed by atoms with E-state index < -0.39 is 0 Å². The van der Waals surface area contributed by atoms with Crippen molar-refractivity contribution in [2.45, 2.75) is 64.2 Å². The maximum Gasteiger partial charge on any atom is -0.00683 e. The first-order chi connectivity index (χ1) is 12.2. The molecule has 26 heavy (non-hydrogen) atoms. The van der Waals surface area contributed by atoms with E-state index in [2.05, 4.69) is 102 Å². The Hall–Kier alpha value is -0.700. The van der Waals surface area contributed by atoms with Gasteiger partial charge in [-0.3, -0.25) is 0 Å². The number of benzene rings is 2. The van der Waals surface area contributed by atoms with Crippen molar-refractivity contribution in [2.75, 3.05) is 12.3 Å². The average Bonchev–Trinajstić information content (AvgIpc) is 2.57. The third-order valence-corrected chi connectivity index (χ3v) is 12.1. The Labute approximate surface area is 164 Å². The fourth-order valence-electron chi connectivity index (χ4n) is 3.15. The molecule has 0 aliphatic heterocycles. The second-order valence-electron chi connectivity index (χ2n) is 9.16. The summed E-state index contributed by atoms with van der Waals surface area (Å²) in [6.07, 6.45) is 5.31. The molecule has 0 fully saturated rings. The van der Waals surface area contributed by atoms with Gasteiger partial charge in [0.25, 0.3) is 0 Å². The summed E-state index contributed by atoms with van der Waals surface area (Å²) in [7, 11) is -0.0321. The van der Waals surface area contributed by atoms with E-state index in [0.717, 1.165) is 0 Å². The van der Waals surface area contributed by atoms with Crippen LogP contribution in [0.3, 0.4) is 0 Å². The summed E-state index contributed by atoms with van der Waals surface area (Å²) >= 11 is 0. The van der Waals surface area contributed by atoms with E-state index in [1.165, 1.54) is 35.8 Å². The molecule has 0 aromatic heterocycles. The fraction of sp³-hybridized carbons (Fsp3) is 0.500. The van der Waals surface area contributed by atoms with E-state index in [1.54, 1.807) is 0 Å². The molecule has 2 aromatic rings. The van der Waals surface area contributed by atoms with Gasteiger partial charge in [0.15, 0.2) is 0 Å². The van der Waals surface area contributed by atoms with Gasteiger partial charge in [0.1, 0.15) is 0 Å². The molecule has 0 spiro atoms. The second-order valence-corrected chi connectivity index (χ2v) is 15.5. The molecule has 0 bridgehead atoms. The first kappa shape index (κ1) is 21.6. The summed E-state index contributed by atoms with van der Waals surface area (Å²) in [5, 5.41) is 0.827. The van der Waals surface area contributed by atoms with Crippen molar-refractivity contribution in [3.8, 4) is 0 Å². The summed E-state index contributed by atoms with van der Waals surface area (Å²) in [4.78, 5) is 0. The van der Waals surface area contributed by atoms with Crippen molar-refractivity contribution >= 4 is 15.8 Å². The summed E-state index contributed by atoms with van der Waals surface area (Å²) in [6.45, 7) is 14.7. The Bertz CT molecular complexity index is 576. The van der Waals surface area contributed by atoms with Crippen molar-refractivity contribution < 1.29 is 0 Å². The van der Waals surface area contributed by atoms with E-state index in [0.29, 0.717) is 10.3 Å². The zero-order chi connectivity index (χ0) is 19.2. The van der Waals surface area contributed by atoms with Gasteiger partial charge in [0.05, 0.1) is 0 Å². The lowest BCUT2D eigenvalue weighted by molar-refractivity contribution is 0.771. The van der Waals surface area contributed by atoms with Crippen LogP contribution in [0.2, 0.25) is 0 Å². The minimum atomic E-state index is -0.0161. The standard InChI is InChI=1S/C24H36P2/c1-23(2,3)25(19-21-13-9-7-10-14-21)17-18-26(24(4,5)6)20-22-15-11-8-12-16-22/h7-16H,17-20H2,1-6H3/t25-,26-/m0/s1. The molecule has 2 atom stereocenters. The van der Waals surface area contributed by atoms with Gasteiger partial charge in [0, 0.05) is 0 Å². The maximum atomic E-state index is 2.44. The van der Waals surface area contributed by atoms with Crippen LogP contribution in [0, 0.1) is 0 Å². The molecule has 0 N–H and O–H groups in total. The summed E-state index contributed by atoms with van der Waals surface area (Å²) in [5.41, 5.74) is 3.02. The molecule has 0 amide bonds. The van der Waals surface area contributed by atoms with Gasteiger partial charge < -0.3 is 0 Å². The SMILES string of the molecule is CC(C)(C)[P@@](CC[P@@](Cc1ccccc1)C(C)(C)C)Cc1ccccc1. The Morgan fingerprint density at radius 2 is 0.846 bits per heavy atom. The molecule has 2 heteroatoms. The van der Waals surface area contributed by atoms with Crippen LogP contribution in [0.1, 0.15) is 52.7 Å². The van der Waals surface area contributed by atoms with Crippen molar-refractivity contribution in [1.29, 1.82) is 0 Å². The zero-order valence-electron chi connectivity index (χ0n) is 17.5. The minimum absolute atomic E-state index is 0.0161. The van der Waals surface area contributed by atoms with Crippen molar-refractivity contribution in [1.82, 2.24) is 0 Å². The highest BCUT2D eigenvalue weighted by Gasteiger charge is 2.29. The van der Waals surface area contributed by atoms with Crippen LogP contribution in [-0.2, 0) is 12.3 Å². The van der Waals surface area contributed by atoms with Crippen molar-refractivity contribution in [2.24, 2.45) is 0 Å². The lowest BCUT2D eigenvalue weighted by Crippen LogP contribution is -2.20. The lowest BCUT2D eigenvalue weighted by atomic mass is 10.2. The summed E-state index contributed by atoms with van der Waals surface area (Å²) in [6, 6.07) is 22.2. The molecule has 0 saturated heterocycles. The average molecular weight is 387 g/mol. The molecule has 0 unspecified atom stereocenters. The monoisotopic (exact) mass is 386 g/mol. The van der Waals surface area contributed by atoms with E-state index in [1.807, 2.05) is 0 Å². The predicted octanol–water partition coefficient (Wildman–Crippen LogP) is 7.95. The van der Waals surface area contributed by atoms with Crippen LogP contribution in [0.5, 0.6) is 0 Å². The molecule has 142 valence electrons. The van der Waals surface area contributed by atoms with Crippen LogP contribution in [0.15, 0.2) is 60.7 Å². The van der Waals surface area contributed by atoms with Gasteiger partial charge in [0.2, 0.25) is 0 Å². The Kier molecular flexibility index (Phi) is 7.88. The van der Waals surface area contributed by atoms with Crippen LogP contribution in [0.4, 0.5) is 0 Å². The van der Waals surface area contributed by atoms with Gasteiger partial charge in [-0.25, -0.2) is 0 Å². The Balaban J connectivity index is 2.07. The molecule has 0 aliphatic carbocycles. The van der Waals surface area contributed by atoms with Gasteiger partial charge >= 0.3 is 0 Å². The molecular weight excluding hydrogens is 350 g/mol. The molecule has 0 saturated carbocycles. The molecule has 0 aliphatic rings. The highest BCUT2D eigenvalue weighted by molar-refractivity contribution is 7.62. The number of hydrogen-bond acceptors (Lipinski definition) is 0.